The third-order valence-corrected chi connectivity index (χ3v) is 2.79. The molecule has 0 heterocycles. The van der Waals surface area contributed by atoms with Crippen LogP contribution < -0.4 is 5.32 Å². The van der Waals surface area contributed by atoms with E-state index < -0.39 is 0 Å². The molecule has 0 aromatic carbocycles. The van der Waals surface area contributed by atoms with Crippen LogP contribution in [0.4, 0.5) is 0 Å². The van der Waals surface area contributed by atoms with Gasteiger partial charge in [0.15, 0.2) is 0 Å². The molecule has 0 bridgehead atoms. The normalized spacial score (nSPS) is 11.3. The van der Waals surface area contributed by atoms with Gasteiger partial charge in [-0.15, -0.1) is 0 Å². The molecule has 0 saturated carbocycles. The molecule has 0 aliphatic carbocycles. The predicted molar refractivity (Wildman–Crippen MR) is 73.8 cm³/mol. The van der Waals surface area contributed by atoms with Crippen molar-refractivity contribution >= 4 is 5.91 Å². The number of nitrogens with zero attached hydrogens (tertiary/aromatic N) is 1. The molecule has 3 heteroatoms. The first-order chi connectivity index (χ1) is 8.24. The van der Waals surface area contributed by atoms with E-state index in [1.54, 1.807) is 0 Å². The predicted octanol–water partition coefficient (Wildman–Crippen LogP) is 2.93. The van der Waals surface area contributed by atoms with Crippen LogP contribution in [0.5, 0.6) is 0 Å². The first-order valence-corrected chi connectivity index (χ1v) is 6.88. The van der Waals surface area contributed by atoms with E-state index in [-0.39, 0.29) is 5.91 Å². The SMILES string of the molecule is CCC/C=C/CCCC(=O)NCN(CC)CC. The maximum absolute atomic E-state index is 11.5. The van der Waals surface area contributed by atoms with Crippen molar-refractivity contribution in [1.82, 2.24) is 10.2 Å². The smallest absolute Gasteiger partial charge is 0.221 e. The fourth-order valence-electron chi connectivity index (χ4n) is 1.52. The first kappa shape index (κ1) is 16.2. The van der Waals surface area contributed by atoms with Gasteiger partial charge < -0.3 is 5.32 Å². The quantitative estimate of drug-likeness (QED) is 0.362. The van der Waals surface area contributed by atoms with Crippen LogP contribution in [0.3, 0.4) is 0 Å². The Kier molecular flexibility index (Phi) is 11.1. The van der Waals surface area contributed by atoms with Crippen molar-refractivity contribution in [3.05, 3.63) is 12.2 Å². The fourth-order valence-corrected chi connectivity index (χ4v) is 1.52. The standard InChI is InChI=1S/C14H28N2O/c1-4-7-8-9-10-11-12-14(17)15-13-16(5-2)6-3/h8-9H,4-7,10-13H2,1-3H3,(H,15,17)/b9-8+. The summed E-state index contributed by atoms with van der Waals surface area (Å²) in [7, 11) is 0. The van der Waals surface area contributed by atoms with Gasteiger partial charge >= 0.3 is 0 Å². The van der Waals surface area contributed by atoms with Gasteiger partial charge in [-0.25, -0.2) is 0 Å². The molecule has 0 aromatic heterocycles. The lowest BCUT2D eigenvalue weighted by Crippen LogP contribution is -2.37. The molecule has 100 valence electrons. The van der Waals surface area contributed by atoms with E-state index in [2.05, 4.69) is 43.1 Å². The zero-order chi connectivity index (χ0) is 12.9. The van der Waals surface area contributed by atoms with Crippen LogP contribution in [-0.4, -0.2) is 30.6 Å². The molecule has 0 aliphatic rings. The Balaban J connectivity index is 3.46. The Morgan fingerprint density at radius 3 is 2.35 bits per heavy atom. The van der Waals surface area contributed by atoms with Crippen LogP contribution >= 0.6 is 0 Å². The van der Waals surface area contributed by atoms with Crippen LogP contribution in [0, 0.1) is 0 Å². The molecular formula is C14H28N2O. The van der Waals surface area contributed by atoms with Crippen molar-refractivity contribution in [2.75, 3.05) is 19.8 Å². The fraction of sp³-hybridized carbons (Fsp3) is 0.786. The van der Waals surface area contributed by atoms with E-state index in [1.807, 2.05) is 0 Å². The summed E-state index contributed by atoms with van der Waals surface area (Å²) in [5.74, 6) is 0.167. The molecule has 0 rings (SSSR count). The minimum atomic E-state index is 0.167. The zero-order valence-corrected chi connectivity index (χ0v) is 11.7. The van der Waals surface area contributed by atoms with E-state index in [0.717, 1.165) is 32.4 Å². The number of amides is 1. The van der Waals surface area contributed by atoms with Gasteiger partial charge in [-0.05, 0) is 32.4 Å². The molecular weight excluding hydrogens is 212 g/mol. The number of carbonyl (C=O) groups excluding carboxylic acids is 1. The highest BCUT2D eigenvalue weighted by atomic mass is 16.1. The number of rotatable bonds is 10. The van der Waals surface area contributed by atoms with Crippen molar-refractivity contribution in [2.45, 2.75) is 52.9 Å². The van der Waals surface area contributed by atoms with Crippen molar-refractivity contribution in [3.8, 4) is 0 Å². The lowest BCUT2D eigenvalue weighted by molar-refractivity contribution is -0.121. The second-order valence-electron chi connectivity index (χ2n) is 4.21. The molecule has 0 radical (unpaired) electrons. The lowest BCUT2D eigenvalue weighted by Gasteiger charge is -2.18. The number of nitrogens with one attached hydrogen (secondary N) is 1. The summed E-state index contributed by atoms with van der Waals surface area (Å²) < 4.78 is 0. The van der Waals surface area contributed by atoms with E-state index in [0.29, 0.717) is 13.1 Å². The van der Waals surface area contributed by atoms with Crippen LogP contribution in [0.2, 0.25) is 0 Å². The summed E-state index contributed by atoms with van der Waals surface area (Å²) in [5.41, 5.74) is 0. The average molecular weight is 240 g/mol. The van der Waals surface area contributed by atoms with Crippen molar-refractivity contribution in [1.29, 1.82) is 0 Å². The van der Waals surface area contributed by atoms with Gasteiger partial charge in [0, 0.05) is 6.42 Å². The zero-order valence-electron chi connectivity index (χ0n) is 11.7. The topological polar surface area (TPSA) is 32.3 Å². The average Bonchev–Trinajstić information content (AvgIpc) is 2.35. The highest BCUT2D eigenvalue weighted by Crippen LogP contribution is 1.98. The molecule has 17 heavy (non-hydrogen) atoms. The Hall–Kier alpha value is -0.830. The van der Waals surface area contributed by atoms with Gasteiger partial charge in [0.25, 0.3) is 0 Å². The van der Waals surface area contributed by atoms with Crippen molar-refractivity contribution in [2.24, 2.45) is 0 Å². The number of unbranched alkanes of at least 4 members (excludes halogenated alkanes) is 2. The van der Waals surface area contributed by atoms with Gasteiger partial charge in [-0.2, -0.15) is 0 Å². The van der Waals surface area contributed by atoms with Gasteiger partial charge in [0.2, 0.25) is 5.91 Å². The minimum absolute atomic E-state index is 0.167. The second-order valence-corrected chi connectivity index (χ2v) is 4.21. The largest absolute Gasteiger partial charge is 0.343 e. The van der Waals surface area contributed by atoms with Gasteiger partial charge in [-0.3, -0.25) is 9.69 Å². The van der Waals surface area contributed by atoms with E-state index in [9.17, 15) is 4.79 Å². The molecule has 0 atom stereocenters. The monoisotopic (exact) mass is 240 g/mol. The van der Waals surface area contributed by atoms with Crippen molar-refractivity contribution < 1.29 is 4.79 Å². The maximum atomic E-state index is 11.5. The summed E-state index contributed by atoms with van der Waals surface area (Å²) in [6.45, 7) is 9.03. The van der Waals surface area contributed by atoms with Gasteiger partial charge in [0.05, 0.1) is 6.67 Å². The molecule has 1 N–H and O–H groups in total. The van der Waals surface area contributed by atoms with Gasteiger partial charge in [0.1, 0.15) is 0 Å². The number of carbonyl (C=O) groups is 1. The molecule has 0 unspecified atom stereocenters. The van der Waals surface area contributed by atoms with Crippen molar-refractivity contribution in [3.63, 3.8) is 0 Å². The molecule has 1 amide bonds. The first-order valence-electron chi connectivity index (χ1n) is 6.88. The highest BCUT2D eigenvalue weighted by Gasteiger charge is 2.02. The Morgan fingerprint density at radius 1 is 1.12 bits per heavy atom. The van der Waals surface area contributed by atoms with E-state index in [1.165, 1.54) is 6.42 Å². The molecule has 0 aromatic rings. The molecule has 0 fully saturated rings. The molecule has 0 saturated heterocycles. The third kappa shape index (κ3) is 10.1. The Morgan fingerprint density at radius 2 is 1.76 bits per heavy atom. The Labute approximate surface area is 106 Å². The maximum Gasteiger partial charge on any atom is 0.221 e. The van der Waals surface area contributed by atoms with Crippen LogP contribution in [0.1, 0.15) is 52.9 Å². The summed E-state index contributed by atoms with van der Waals surface area (Å²) in [6, 6.07) is 0. The number of allylic oxidation sites excluding steroid dienone is 2. The summed E-state index contributed by atoms with van der Waals surface area (Å²) >= 11 is 0. The van der Waals surface area contributed by atoms with Crippen LogP contribution in [0.25, 0.3) is 0 Å². The summed E-state index contributed by atoms with van der Waals surface area (Å²) in [4.78, 5) is 13.7. The molecule has 0 spiro atoms. The minimum Gasteiger partial charge on any atom is -0.343 e. The van der Waals surface area contributed by atoms with E-state index in [4.69, 9.17) is 0 Å². The highest BCUT2D eigenvalue weighted by molar-refractivity contribution is 5.75. The van der Waals surface area contributed by atoms with Crippen LogP contribution in [-0.2, 0) is 4.79 Å². The van der Waals surface area contributed by atoms with E-state index >= 15 is 0 Å². The van der Waals surface area contributed by atoms with Crippen LogP contribution in [0.15, 0.2) is 12.2 Å². The summed E-state index contributed by atoms with van der Waals surface area (Å²) in [6.07, 6.45) is 9.32. The number of hydrogen-bond donors (Lipinski definition) is 1. The van der Waals surface area contributed by atoms with Gasteiger partial charge in [-0.1, -0.05) is 39.3 Å². The summed E-state index contributed by atoms with van der Waals surface area (Å²) in [5, 5.41) is 2.95. The lowest BCUT2D eigenvalue weighted by atomic mass is 10.2. The number of hydrogen-bond acceptors (Lipinski definition) is 2. The molecule has 3 nitrogen and oxygen atoms in total. The Bertz CT molecular complexity index is 210. The molecule has 0 aliphatic heterocycles. The second kappa shape index (κ2) is 11.6. The third-order valence-electron chi connectivity index (χ3n) is 2.79.